The number of nitrogens with zero attached hydrogens (tertiary/aromatic N) is 3. The highest BCUT2D eigenvalue weighted by molar-refractivity contribution is 5.49. The summed E-state index contributed by atoms with van der Waals surface area (Å²) >= 11 is 0. The molecule has 2 aromatic rings. The van der Waals surface area contributed by atoms with Gasteiger partial charge in [-0.05, 0) is 43.6 Å². The van der Waals surface area contributed by atoms with Gasteiger partial charge in [0.05, 0.1) is 0 Å². The zero-order chi connectivity index (χ0) is 12.5. The quantitative estimate of drug-likeness (QED) is 0.891. The first-order chi connectivity index (χ1) is 8.74. The minimum atomic E-state index is 0.303. The van der Waals surface area contributed by atoms with E-state index in [9.17, 15) is 0 Å². The second-order valence-electron chi connectivity index (χ2n) is 4.88. The Labute approximate surface area is 106 Å². The fourth-order valence-electron chi connectivity index (χ4n) is 2.05. The van der Waals surface area contributed by atoms with Gasteiger partial charge in [-0.15, -0.1) is 0 Å². The molecule has 3 rings (SSSR count). The number of rotatable bonds is 3. The van der Waals surface area contributed by atoms with Crippen molar-refractivity contribution in [1.82, 2.24) is 20.4 Å². The summed E-state index contributed by atoms with van der Waals surface area (Å²) in [6, 6.07) is 3.91. The summed E-state index contributed by atoms with van der Waals surface area (Å²) in [5.74, 6) is 2.19. The molecule has 1 aliphatic heterocycles. The van der Waals surface area contributed by atoms with Crippen molar-refractivity contribution in [1.29, 1.82) is 0 Å². The van der Waals surface area contributed by atoms with E-state index in [1.165, 1.54) is 0 Å². The third-order valence-electron chi connectivity index (χ3n) is 3.50. The van der Waals surface area contributed by atoms with Crippen molar-refractivity contribution in [3.8, 4) is 11.5 Å². The molecular weight excluding hydrogens is 228 g/mol. The van der Waals surface area contributed by atoms with E-state index in [0.29, 0.717) is 23.6 Å². The molecule has 5 heteroatoms. The Hall–Kier alpha value is -1.75. The molecule has 0 aliphatic carbocycles. The number of aryl methyl sites for hydroxylation is 1. The van der Waals surface area contributed by atoms with E-state index in [2.05, 4.69) is 27.4 Å². The van der Waals surface area contributed by atoms with Crippen LogP contribution in [0.1, 0.15) is 24.3 Å². The van der Waals surface area contributed by atoms with Crippen molar-refractivity contribution in [2.75, 3.05) is 13.1 Å². The lowest BCUT2D eigenvalue weighted by Gasteiger charge is -2.30. The Morgan fingerprint density at radius 3 is 2.94 bits per heavy atom. The molecule has 1 aliphatic rings. The molecule has 0 spiro atoms. The minimum absolute atomic E-state index is 0.303. The van der Waals surface area contributed by atoms with Crippen molar-refractivity contribution < 1.29 is 4.52 Å². The van der Waals surface area contributed by atoms with Gasteiger partial charge in [0.25, 0.3) is 0 Å². The number of nitrogens with one attached hydrogen (secondary N) is 1. The molecule has 1 N–H and O–H groups in total. The Bertz CT molecular complexity index is 547. The molecular formula is C13H16N4O. The third-order valence-corrected chi connectivity index (χ3v) is 3.50. The fraction of sp³-hybridized carbons (Fsp3) is 0.462. The fourth-order valence-corrected chi connectivity index (χ4v) is 2.05. The smallest absolute Gasteiger partial charge is 0.230 e. The van der Waals surface area contributed by atoms with Crippen molar-refractivity contribution in [3.63, 3.8) is 0 Å². The predicted molar refractivity (Wildman–Crippen MR) is 67.0 cm³/mol. The normalized spacial score (nSPS) is 17.4. The Morgan fingerprint density at radius 1 is 1.44 bits per heavy atom. The highest BCUT2D eigenvalue weighted by Gasteiger charge is 2.28. The first-order valence-corrected chi connectivity index (χ1v) is 6.21. The van der Waals surface area contributed by atoms with Crippen LogP contribution in [-0.4, -0.2) is 28.2 Å². The third kappa shape index (κ3) is 2.01. The molecule has 0 aromatic carbocycles. The average Bonchev–Trinajstić information content (AvgIpc) is 2.75. The molecule has 1 atom stereocenters. The Morgan fingerprint density at radius 2 is 2.28 bits per heavy atom. The van der Waals surface area contributed by atoms with Gasteiger partial charge < -0.3 is 9.84 Å². The van der Waals surface area contributed by atoms with Crippen LogP contribution in [0.15, 0.2) is 22.9 Å². The maximum Gasteiger partial charge on any atom is 0.230 e. The molecule has 3 heterocycles. The van der Waals surface area contributed by atoms with Crippen LogP contribution < -0.4 is 5.32 Å². The highest BCUT2D eigenvalue weighted by atomic mass is 16.5. The van der Waals surface area contributed by atoms with E-state index in [4.69, 9.17) is 4.52 Å². The molecule has 5 nitrogen and oxygen atoms in total. The number of hydrogen-bond donors (Lipinski definition) is 1. The number of hydrogen-bond acceptors (Lipinski definition) is 5. The number of pyridine rings is 1. The largest absolute Gasteiger partial charge is 0.339 e. The molecule has 1 unspecified atom stereocenters. The van der Waals surface area contributed by atoms with E-state index in [1.807, 2.05) is 19.1 Å². The van der Waals surface area contributed by atoms with Gasteiger partial charge >= 0.3 is 0 Å². The van der Waals surface area contributed by atoms with Crippen LogP contribution in [0, 0.1) is 12.8 Å². The zero-order valence-electron chi connectivity index (χ0n) is 10.6. The summed E-state index contributed by atoms with van der Waals surface area (Å²) in [5, 5.41) is 7.28. The molecule has 1 saturated heterocycles. The van der Waals surface area contributed by atoms with E-state index in [0.717, 1.165) is 24.3 Å². The summed E-state index contributed by atoms with van der Waals surface area (Å²) in [5.41, 5.74) is 1.91. The van der Waals surface area contributed by atoms with Crippen LogP contribution in [0.4, 0.5) is 0 Å². The molecule has 94 valence electrons. The zero-order valence-corrected chi connectivity index (χ0v) is 10.6. The van der Waals surface area contributed by atoms with Crippen molar-refractivity contribution in [2.24, 2.45) is 5.92 Å². The van der Waals surface area contributed by atoms with E-state index in [1.54, 1.807) is 6.20 Å². The molecule has 0 bridgehead atoms. The second-order valence-corrected chi connectivity index (χ2v) is 4.88. The lowest BCUT2D eigenvalue weighted by atomic mass is 9.89. The minimum Gasteiger partial charge on any atom is -0.339 e. The van der Waals surface area contributed by atoms with Gasteiger partial charge in [0.1, 0.15) is 5.69 Å². The Kier molecular flexibility index (Phi) is 2.83. The van der Waals surface area contributed by atoms with Crippen LogP contribution in [0.25, 0.3) is 11.5 Å². The lowest BCUT2D eigenvalue weighted by molar-refractivity contribution is 0.252. The van der Waals surface area contributed by atoms with Crippen LogP contribution in [0.2, 0.25) is 0 Å². The van der Waals surface area contributed by atoms with Crippen molar-refractivity contribution in [2.45, 2.75) is 19.8 Å². The molecule has 1 fully saturated rings. The maximum atomic E-state index is 5.35. The van der Waals surface area contributed by atoms with E-state index < -0.39 is 0 Å². The van der Waals surface area contributed by atoms with Crippen LogP contribution in [0.5, 0.6) is 0 Å². The van der Waals surface area contributed by atoms with E-state index in [-0.39, 0.29) is 0 Å². The van der Waals surface area contributed by atoms with Gasteiger partial charge in [-0.3, -0.25) is 4.98 Å². The molecule has 0 amide bonds. The molecule has 0 saturated carbocycles. The second kappa shape index (κ2) is 4.49. The van der Waals surface area contributed by atoms with Gasteiger partial charge in [0.15, 0.2) is 0 Å². The monoisotopic (exact) mass is 244 g/mol. The topological polar surface area (TPSA) is 63.8 Å². The first kappa shape index (κ1) is 11.3. The Balaban J connectivity index is 1.84. The molecule has 18 heavy (non-hydrogen) atoms. The van der Waals surface area contributed by atoms with Crippen molar-refractivity contribution >= 4 is 0 Å². The van der Waals surface area contributed by atoms with Crippen molar-refractivity contribution in [3.05, 3.63) is 29.8 Å². The van der Waals surface area contributed by atoms with Crippen LogP contribution in [-0.2, 0) is 0 Å². The van der Waals surface area contributed by atoms with E-state index >= 15 is 0 Å². The number of aromatic nitrogens is 3. The van der Waals surface area contributed by atoms with Gasteiger partial charge in [-0.25, -0.2) is 0 Å². The van der Waals surface area contributed by atoms with Crippen LogP contribution in [0.3, 0.4) is 0 Å². The predicted octanol–water partition coefficient (Wildman–Crippen LogP) is 1.76. The summed E-state index contributed by atoms with van der Waals surface area (Å²) in [6.07, 6.45) is 1.76. The van der Waals surface area contributed by atoms with Gasteiger partial charge in [-0.2, -0.15) is 4.98 Å². The maximum absolute atomic E-state index is 5.35. The summed E-state index contributed by atoms with van der Waals surface area (Å²) < 4.78 is 5.35. The highest BCUT2D eigenvalue weighted by Crippen LogP contribution is 2.27. The summed E-state index contributed by atoms with van der Waals surface area (Å²) in [4.78, 5) is 8.72. The molecule has 2 aromatic heterocycles. The molecule has 0 radical (unpaired) electrons. The average molecular weight is 244 g/mol. The first-order valence-electron chi connectivity index (χ1n) is 6.21. The SMILES string of the molecule is Cc1ccnc(-c2noc(C(C)C3CNC3)n2)c1. The standard InChI is InChI=1S/C13H16N4O/c1-8-3-4-15-11(5-8)12-16-13(18-17-12)9(2)10-6-14-7-10/h3-5,9-10,14H,6-7H2,1-2H3. The van der Waals surface area contributed by atoms with Gasteiger partial charge in [-0.1, -0.05) is 12.1 Å². The van der Waals surface area contributed by atoms with Gasteiger partial charge in [0.2, 0.25) is 11.7 Å². The van der Waals surface area contributed by atoms with Gasteiger partial charge in [0, 0.05) is 12.1 Å². The van der Waals surface area contributed by atoms with Crippen LogP contribution >= 0.6 is 0 Å². The summed E-state index contributed by atoms with van der Waals surface area (Å²) in [7, 11) is 0. The lowest BCUT2D eigenvalue weighted by Crippen LogP contribution is -2.44. The summed E-state index contributed by atoms with van der Waals surface area (Å²) in [6.45, 7) is 6.21.